The van der Waals surface area contributed by atoms with Gasteiger partial charge in [-0.15, -0.1) is 0 Å². The minimum atomic E-state index is -0.950. The topological polar surface area (TPSA) is 101 Å². The molecule has 4 atom stereocenters. The molecule has 0 saturated heterocycles. The number of nitrogens with one attached hydrogen (secondary N) is 1. The Balaban J connectivity index is 1.26. The fourth-order valence-electron chi connectivity index (χ4n) is 6.06. The van der Waals surface area contributed by atoms with Crippen LogP contribution in [0.3, 0.4) is 0 Å². The van der Waals surface area contributed by atoms with Gasteiger partial charge in [0.25, 0.3) is 0 Å². The van der Waals surface area contributed by atoms with Crippen molar-refractivity contribution in [3.8, 4) is 22.6 Å². The Morgan fingerprint density at radius 2 is 1.89 bits per heavy atom. The van der Waals surface area contributed by atoms with Crippen LogP contribution in [0.1, 0.15) is 67.4 Å². The summed E-state index contributed by atoms with van der Waals surface area (Å²) in [6.45, 7) is 2.82. The van der Waals surface area contributed by atoms with Gasteiger partial charge in [0.05, 0.1) is 36.3 Å². The van der Waals surface area contributed by atoms with Gasteiger partial charge in [0.2, 0.25) is 0 Å². The SMILES string of the molecule is C[C@H](Oc1cccc(-c2cccc(-n3ncc(C(=O)O)c3[C@H]3C[C@@H]3C3CN=NN3)c2)c1)C1CCCCC1. The molecule has 3 aromatic rings. The largest absolute Gasteiger partial charge is 0.490 e. The molecule has 0 bridgehead atoms. The molecule has 1 unspecified atom stereocenters. The summed E-state index contributed by atoms with van der Waals surface area (Å²) in [4.78, 5) is 12.0. The summed E-state index contributed by atoms with van der Waals surface area (Å²) in [5.41, 5.74) is 7.02. The van der Waals surface area contributed by atoms with Crippen molar-refractivity contribution in [2.45, 2.75) is 63.5 Å². The molecular weight excluding hydrogens is 466 g/mol. The fraction of sp³-hybridized carbons (Fsp3) is 0.448. The molecule has 0 amide bonds. The zero-order valence-electron chi connectivity index (χ0n) is 21.1. The normalized spacial score (nSPS) is 24.0. The van der Waals surface area contributed by atoms with Crippen LogP contribution in [0.2, 0.25) is 0 Å². The summed E-state index contributed by atoms with van der Waals surface area (Å²) in [5, 5.41) is 22.3. The van der Waals surface area contributed by atoms with E-state index < -0.39 is 5.97 Å². The summed E-state index contributed by atoms with van der Waals surface area (Å²) in [6, 6.07) is 16.5. The third-order valence-electron chi connectivity index (χ3n) is 8.21. The third-order valence-corrected chi connectivity index (χ3v) is 8.21. The standard InChI is InChI=1S/C29H33N5O3/c1-18(19-7-3-2-4-8-19)37-23-12-6-10-21(14-23)20-9-5-11-22(13-20)34-28(26(16-31-34)29(35)36)25-15-24(25)27-17-30-33-32-27/h5-6,9-14,16,18-19,24-25,27H,2-4,7-8,15,17H2,1H3,(H,30,32)(H,35,36)/t18-,24-,25-,27?/m0/s1. The molecule has 8 nitrogen and oxygen atoms in total. The lowest BCUT2D eigenvalue weighted by atomic mass is 9.86. The molecule has 6 rings (SSSR count). The number of hydrogen-bond donors (Lipinski definition) is 2. The Kier molecular flexibility index (Phi) is 6.40. The highest BCUT2D eigenvalue weighted by molar-refractivity contribution is 5.89. The first kappa shape index (κ1) is 23.7. The first-order chi connectivity index (χ1) is 18.1. The Morgan fingerprint density at radius 3 is 2.65 bits per heavy atom. The molecule has 37 heavy (non-hydrogen) atoms. The number of carbonyl (C=O) groups is 1. The quantitative estimate of drug-likeness (QED) is 0.394. The van der Waals surface area contributed by atoms with Gasteiger partial charge in [-0.1, -0.05) is 48.8 Å². The van der Waals surface area contributed by atoms with E-state index in [-0.39, 0.29) is 23.6 Å². The molecule has 2 fully saturated rings. The van der Waals surface area contributed by atoms with Gasteiger partial charge in [-0.25, -0.2) is 9.48 Å². The molecule has 8 heteroatoms. The van der Waals surface area contributed by atoms with Gasteiger partial charge in [0.1, 0.15) is 11.3 Å². The number of carboxylic acid groups (broad SMARTS) is 1. The lowest BCUT2D eigenvalue weighted by molar-refractivity contribution is 0.0695. The van der Waals surface area contributed by atoms with E-state index in [1.54, 1.807) is 4.68 Å². The van der Waals surface area contributed by atoms with Crippen molar-refractivity contribution in [3.05, 3.63) is 66.0 Å². The predicted molar refractivity (Wildman–Crippen MR) is 140 cm³/mol. The lowest BCUT2D eigenvalue weighted by Gasteiger charge is -2.28. The molecular formula is C29H33N5O3. The highest BCUT2D eigenvalue weighted by Gasteiger charge is 2.48. The summed E-state index contributed by atoms with van der Waals surface area (Å²) < 4.78 is 8.17. The Hall–Kier alpha value is -3.68. The number of hydrogen-bond acceptors (Lipinski definition) is 6. The molecule has 2 heterocycles. The molecule has 0 radical (unpaired) electrons. The number of aromatic nitrogens is 2. The second kappa shape index (κ2) is 10.00. The van der Waals surface area contributed by atoms with Crippen molar-refractivity contribution in [3.63, 3.8) is 0 Å². The van der Waals surface area contributed by atoms with Crippen LogP contribution in [-0.2, 0) is 0 Å². The van der Waals surface area contributed by atoms with E-state index in [1.165, 1.54) is 38.3 Å². The third kappa shape index (κ3) is 4.84. The van der Waals surface area contributed by atoms with Crippen molar-refractivity contribution in [1.29, 1.82) is 0 Å². The van der Waals surface area contributed by atoms with Crippen LogP contribution in [-0.4, -0.2) is 39.5 Å². The minimum Gasteiger partial charge on any atom is -0.490 e. The van der Waals surface area contributed by atoms with Crippen LogP contribution in [0.25, 0.3) is 16.8 Å². The van der Waals surface area contributed by atoms with Gasteiger partial charge in [0, 0.05) is 5.92 Å². The van der Waals surface area contributed by atoms with Gasteiger partial charge in [-0.3, -0.25) is 5.43 Å². The number of ether oxygens (including phenoxy) is 1. The Labute approximate surface area is 216 Å². The maximum absolute atomic E-state index is 12.0. The monoisotopic (exact) mass is 499 g/mol. The molecule has 1 aromatic heterocycles. The minimum absolute atomic E-state index is 0.108. The fourth-order valence-corrected chi connectivity index (χ4v) is 6.06. The summed E-state index contributed by atoms with van der Waals surface area (Å²) >= 11 is 0. The van der Waals surface area contributed by atoms with E-state index in [4.69, 9.17) is 4.74 Å². The average Bonchev–Trinajstić information content (AvgIpc) is 3.30. The maximum atomic E-state index is 12.0. The summed E-state index contributed by atoms with van der Waals surface area (Å²) in [7, 11) is 0. The van der Waals surface area contributed by atoms with Crippen LogP contribution in [0.5, 0.6) is 5.75 Å². The zero-order valence-corrected chi connectivity index (χ0v) is 21.1. The molecule has 2 aliphatic carbocycles. The van der Waals surface area contributed by atoms with Crippen LogP contribution >= 0.6 is 0 Å². The van der Waals surface area contributed by atoms with Crippen molar-refractivity contribution >= 4 is 5.97 Å². The predicted octanol–water partition coefficient (Wildman–Crippen LogP) is 6.03. The van der Waals surface area contributed by atoms with E-state index in [2.05, 4.69) is 52.1 Å². The Morgan fingerprint density at radius 1 is 1.11 bits per heavy atom. The molecule has 3 aliphatic rings. The van der Waals surface area contributed by atoms with Gasteiger partial charge >= 0.3 is 5.97 Å². The van der Waals surface area contributed by atoms with E-state index >= 15 is 0 Å². The number of aromatic carboxylic acids is 1. The van der Waals surface area contributed by atoms with Crippen molar-refractivity contribution in [2.24, 2.45) is 22.2 Å². The molecule has 2 saturated carbocycles. The first-order valence-electron chi connectivity index (χ1n) is 13.4. The van der Waals surface area contributed by atoms with E-state index in [1.807, 2.05) is 24.3 Å². The summed E-state index contributed by atoms with van der Waals surface area (Å²) in [6.07, 6.45) is 8.99. The van der Waals surface area contributed by atoms with E-state index in [0.717, 1.165) is 34.7 Å². The molecule has 1 aliphatic heterocycles. The summed E-state index contributed by atoms with van der Waals surface area (Å²) in [5.74, 6) is 0.960. The lowest BCUT2D eigenvalue weighted by Crippen LogP contribution is -2.25. The molecule has 0 spiro atoms. The second-order valence-corrected chi connectivity index (χ2v) is 10.6. The van der Waals surface area contributed by atoms with E-state index in [9.17, 15) is 9.90 Å². The van der Waals surface area contributed by atoms with Gasteiger partial charge < -0.3 is 9.84 Å². The number of carboxylic acids is 1. The van der Waals surface area contributed by atoms with Crippen LogP contribution in [0, 0.1) is 11.8 Å². The average molecular weight is 500 g/mol. The highest BCUT2D eigenvalue weighted by atomic mass is 16.5. The number of rotatable bonds is 8. The molecule has 192 valence electrons. The smallest absolute Gasteiger partial charge is 0.339 e. The van der Waals surface area contributed by atoms with Crippen molar-refractivity contribution < 1.29 is 14.6 Å². The van der Waals surface area contributed by atoms with Gasteiger partial charge in [0.15, 0.2) is 0 Å². The highest BCUT2D eigenvalue weighted by Crippen LogP contribution is 2.51. The molecule has 2 N–H and O–H groups in total. The molecule has 2 aromatic carbocycles. The van der Waals surface area contributed by atoms with E-state index in [0.29, 0.717) is 18.4 Å². The number of benzene rings is 2. The Bertz CT molecular complexity index is 1300. The van der Waals surface area contributed by atoms with Gasteiger partial charge in [-0.05, 0) is 73.4 Å². The second-order valence-electron chi connectivity index (χ2n) is 10.6. The van der Waals surface area contributed by atoms with Crippen LogP contribution in [0.4, 0.5) is 0 Å². The van der Waals surface area contributed by atoms with Crippen LogP contribution in [0.15, 0.2) is 65.1 Å². The maximum Gasteiger partial charge on any atom is 0.339 e. The van der Waals surface area contributed by atoms with Crippen LogP contribution < -0.4 is 10.2 Å². The van der Waals surface area contributed by atoms with Crippen molar-refractivity contribution in [1.82, 2.24) is 15.2 Å². The van der Waals surface area contributed by atoms with Gasteiger partial charge in [-0.2, -0.15) is 10.2 Å². The van der Waals surface area contributed by atoms with Crippen molar-refractivity contribution in [2.75, 3.05) is 6.54 Å². The first-order valence-corrected chi connectivity index (χ1v) is 13.4. The zero-order chi connectivity index (χ0) is 25.4. The number of nitrogens with zero attached hydrogens (tertiary/aromatic N) is 4.